The minimum Gasteiger partial charge on any atom is -0.200 e. The summed E-state index contributed by atoms with van der Waals surface area (Å²) in [6.07, 6.45) is 0.445. The topological polar surface area (TPSA) is 95.3 Å². The van der Waals surface area contributed by atoms with E-state index in [0.717, 1.165) is 11.3 Å². The number of halogens is 2. The van der Waals surface area contributed by atoms with E-state index in [-0.39, 0.29) is 20.4 Å². The first kappa shape index (κ1) is 23.6. The molecule has 3 rings (SSSR count). The number of nitrogens with zero attached hydrogens (tertiary/aromatic N) is 2. The number of rotatable bonds is 6. The number of hydrogen-bond donors (Lipinski definition) is 0. The third-order valence-corrected chi connectivity index (χ3v) is 10.5. The number of hydrogen-bond acceptors (Lipinski definition) is 6. The van der Waals surface area contributed by atoms with Gasteiger partial charge >= 0.3 is 0 Å². The van der Waals surface area contributed by atoms with Crippen molar-refractivity contribution in [3.8, 4) is 6.07 Å². The lowest BCUT2D eigenvalue weighted by molar-refractivity contribution is 0.584. The van der Waals surface area contributed by atoms with Crippen molar-refractivity contribution in [2.24, 2.45) is 0 Å². The summed E-state index contributed by atoms with van der Waals surface area (Å²) in [4.78, 5) is 0.113. The van der Waals surface area contributed by atoms with Crippen molar-refractivity contribution < 1.29 is 16.8 Å². The van der Waals surface area contributed by atoms with Gasteiger partial charge in [0.05, 0.1) is 15.4 Å². The minimum atomic E-state index is -4.62. The predicted octanol–water partition coefficient (Wildman–Crippen LogP) is 5.38. The molecule has 0 unspecified atom stereocenters. The number of thiophene rings is 1. The highest BCUT2D eigenvalue weighted by molar-refractivity contribution is 8.10. The highest BCUT2D eigenvalue weighted by Gasteiger charge is 2.40. The minimum absolute atomic E-state index is 0.0140. The molecular weight excluding hydrogens is 499 g/mol. The van der Waals surface area contributed by atoms with Gasteiger partial charge in [0.15, 0.2) is 0 Å². The molecule has 2 aromatic carbocycles. The molecule has 31 heavy (non-hydrogen) atoms. The van der Waals surface area contributed by atoms with Gasteiger partial charge in [0.25, 0.3) is 20.0 Å². The van der Waals surface area contributed by atoms with E-state index in [1.807, 2.05) is 13.0 Å². The van der Waals surface area contributed by atoms with Crippen molar-refractivity contribution in [3.05, 3.63) is 74.6 Å². The van der Waals surface area contributed by atoms with Crippen LogP contribution in [0.1, 0.15) is 22.9 Å². The van der Waals surface area contributed by atoms with Crippen LogP contribution >= 0.6 is 34.5 Å². The Kier molecular flexibility index (Phi) is 6.69. The van der Waals surface area contributed by atoms with Gasteiger partial charge in [-0.2, -0.15) is 22.1 Å². The monoisotopic (exact) mass is 514 g/mol. The van der Waals surface area contributed by atoms with Gasteiger partial charge in [-0.1, -0.05) is 30.1 Å². The van der Waals surface area contributed by atoms with Crippen molar-refractivity contribution in [1.29, 1.82) is 5.26 Å². The van der Waals surface area contributed by atoms with Crippen LogP contribution in [-0.2, 0) is 26.5 Å². The summed E-state index contributed by atoms with van der Waals surface area (Å²) in [5.74, 6) is 0. The van der Waals surface area contributed by atoms with Crippen LogP contribution in [0.25, 0.3) is 0 Å². The Morgan fingerprint density at radius 1 is 0.903 bits per heavy atom. The zero-order valence-corrected chi connectivity index (χ0v) is 20.3. The fraction of sp³-hybridized carbons (Fsp3) is 0.150. The first-order valence-corrected chi connectivity index (χ1v) is 13.3. The van der Waals surface area contributed by atoms with Gasteiger partial charge in [-0.25, -0.2) is 0 Å². The van der Waals surface area contributed by atoms with Crippen LogP contribution < -0.4 is 3.71 Å². The molecule has 0 atom stereocenters. The van der Waals surface area contributed by atoms with Crippen molar-refractivity contribution >= 4 is 59.6 Å². The van der Waals surface area contributed by atoms with Crippen LogP contribution in [0.3, 0.4) is 0 Å². The first-order chi connectivity index (χ1) is 14.5. The van der Waals surface area contributed by atoms with Gasteiger partial charge in [0.1, 0.15) is 11.1 Å². The highest BCUT2D eigenvalue weighted by Crippen LogP contribution is 2.41. The van der Waals surface area contributed by atoms with Crippen LogP contribution in [0.2, 0.25) is 10.0 Å². The molecule has 0 N–H and O–H groups in total. The molecule has 0 aliphatic heterocycles. The van der Waals surface area contributed by atoms with Crippen molar-refractivity contribution in [2.45, 2.75) is 30.1 Å². The van der Waals surface area contributed by atoms with Crippen LogP contribution in [0.4, 0.5) is 5.00 Å². The lowest BCUT2D eigenvalue weighted by Gasteiger charge is -2.23. The van der Waals surface area contributed by atoms with Crippen molar-refractivity contribution in [1.82, 2.24) is 0 Å². The molecule has 1 heterocycles. The van der Waals surface area contributed by atoms with Gasteiger partial charge in [-0.05, 0) is 67.4 Å². The summed E-state index contributed by atoms with van der Waals surface area (Å²) < 4.78 is 54.7. The third-order valence-electron chi connectivity index (χ3n) is 4.48. The molecule has 0 amide bonds. The largest absolute Gasteiger partial charge is 0.278 e. The van der Waals surface area contributed by atoms with E-state index >= 15 is 0 Å². The molecule has 162 valence electrons. The number of aryl methyl sites for hydroxylation is 1. The zero-order valence-electron chi connectivity index (χ0n) is 16.3. The summed E-state index contributed by atoms with van der Waals surface area (Å²) in [6.45, 7) is 3.53. The molecule has 0 aliphatic carbocycles. The molecule has 0 saturated carbocycles. The molecule has 0 saturated heterocycles. The van der Waals surface area contributed by atoms with Gasteiger partial charge in [0.2, 0.25) is 0 Å². The highest BCUT2D eigenvalue weighted by atomic mass is 35.5. The van der Waals surface area contributed by atoms with Crippen molar-refractivity contribution in [2.75, 3.05) is 3.71 Å². The third kappa shape index (κ3) is 4.31. The Morgan fingerprint density at radius 3 is 1.68 bits per heavy atom. The molecular formula is C20H16Cl2N2O4S3. The maximum absolute atomic E-state index is 13.6. The fourth-order valence-corrected chi connectivity index (χ4v) is 8.57. The summed E-state index contributed by atoms with van der Waals surface area (Å²) in [6, 6.07) is 12.3. The maximum Gasteiger partial charge on any atom is 0.278 e. The van der Waals surface area contributed by atoms with Crippen molar-refractivity contribution in [3.63, 3.8) is 0 Å². The van der Waals surface area contributed by atoms with E-state index in [2.05, 4.69) is 0 Å². The van der Waals surface area contributed by atoms with Gasteiger partial charge in [0, 0.05) is 14.9 Å². The number of sulfonamides is 2. The molecule has 3 aromatic rings. The molecule has 0 spiro atoms. The molecule has 1 aromatic heterocycles. The molecule has 0 bridgehead atoms. The SMILES string of the molecule is CCc1c(C)sc(N(S(=O)(=O)c2ccc(Cl)cc2)S(=O)(=O)c2ccc(Cl)cc2)c1C#N. The average molecular weight is 515 g/mol. The maximum atomic E-state index is 13.6. The van der Waals surface area contributed by atoms with Crippen LogP contribution in [0, 0.1) is 18.3 Å². The van der Waals surface area contributed by atoms with Gasteiger partial charge in [-0.3, -0.25) is 0 Å². The smallest absolute Gasteiger partial charge is 0.200 e. The van der Waals surface area contributed by atoms with E-state index in [1.54, 1.807) is 6.92 Å². The Morgan fingerprint density at radius 2 is 1.32 bits per heavy atom. The summed E-state index contributed by atoms with van der Waals surface area (Å²) >= 11 is 12.7. The Bertz CT molecular complexity index is 1300. The normalized spacial score (nSPS) is 11.8. The Balaban J connectivity index is 2.37. The molecule has 0 radical (unpaired) electrons. The summed E-state index contributed by atoms with van der Waals surface area (Å²) in [7, 11) is -9.24. The van der Waals surface area contributed by atoms with Crippen LogP contribution in [-0.4, -0.2) is 16.8 Å². The molecule has 6 nitrogen and oxygen atoms in total. The molecule has 0 fully saturated rings. The average Bonchev–Trinajstić information content (AvgIpc) is 3.02. The summed E-state index contributed by atoms with van der Waals surface area (Å²) in [5.41, 5.74) is 0.616. The number of benzene rings is 2. The fourth-order valence-electron chi connectivity index (χ4n) is 2.98. The lowest BCUT2D eigenvalue weighted by Crippen LogP contribution is -2.37. The number of anilines is 1. The summed E-state index contributed by atoms with van der Waals surface area (Å²) in [5, 5.41) is 10.2. The molecule has 0 aliphatic rings. The quantitative estimate of drug-likeness (QED) is 0.439. The second-order valence-corrected chi connectivity index (χ2v) is 12.3. The molecule has 11 heteroatoms. The van der Waals surface area contributed by atoms with E-state index in [4.69, 9.17) is 23.2 Å². The second kappa shape index (κ2) is 8.81. The van der Waals surface area contributed by atoms with E-state index in [9.17, 15) is 22.1 Å². The van der Waals surface area contributed by atoms with Gasteiger partial charge < -0.3 is 0 Å². The Labute approximate surface area is 195 Å². The number of nitriles is 1. The second-order valence-electron chi connectivity index (χ2n) is 6.40. The van der Waals surface area contributed by atoms with E-state index in [1.165, 1.54) is 48.5 Å². The van der Waals surface area contributed by atoms with Gasteiger partial charge in [-0.15, -0.1) is 15.0 Å². The van der Waals surface area contributed by atoms with E-state index < -0.39 is 20.0 Å². The predicted molar refractivity (Wildman–Crippen MR) is 123 cm³/mol. The zero-order chi connectivity index (χ0) is 23.0. The standard InChI is InChI=1S/C20H16Cl2N2O4S3/c1-3-18-13(2)29-20(19(18)12-23)24(30(25,26)16-8-4-14(21)5-9-16)31(27,28)17-10-6-15(22)7-11-17/h4-11H,3H2,1-2H3. The van der Waals surface area contributed by atoms with E-state index in [0.29, 0.717) is 30.6 Å². The Hall–Kier alpha value is -2.09. The lowest BCUT2D eigenvalue weighted by atomic mass is 10.1. The van der Waals surface area contributed by atoms with Crippen LogP contribution in [0.15, 0.2) is 58.3 Å². The van der Waals surface area contributed by atoms with Crippen LogP contribution in [0.5, 0.6) is 0 Å². The first-order valence-electron chi connectivity index (χ1n) is 8.88.